The van der Waals surface area contributed by atoms with Gasteiger partial charge >= 0.3 is 6.18 Å². The van der Waals surface area contributed by atoms with Crippen molar-refractivity contribution >= 4 is 0 Å². The van der Waals surface area contributed by atoms with Crippen molar-refractivity contribution in [2.24, 2.45) is 13.0 Å². The molecule has 0 aromatic carbocycles. The van der Waals surface area contributed by atoms with Crippen molar-refractivity contribution < 1.29 is 22.0 Å². The third-order valence-corrected chi connectivity index (χ3v) is 3.29. The summed E-state index contributed by atoms with van der Waals surface area (Å²) in [5.74, 6) is -4.77. The van der Waals surface area contributed by atoms with Crippen LogP contribution in [0.3, 0.4) is 0 Å². The Morgan fingerprint density at radius 1 is 1.28 bits per heavy atom. The molecule has 2 aliphatic rings. The van der Waals surface area contributed by atoms with Gasteiger partial charge in [0.05, 0.1) is 0 Å². The smallest absolute Gasteiger partial charge is 0.266 e. The fraction of sp³-hybridized carbons (Fsp3) is 0.727. The van der Waals surface area contributed by atoms with Gasteiger partial charge in [-0.05, 0) is 12.3 Å². The molecular formula is C11H13F5N2. The summed E-state index contributed by atoms with van der Waals surface area (Å²) in [5, 5.41) is 3.19. The number of nitrogens with zero attached hydrogens (tertiary/aromatic N) is 2. The Hall–Kier alpha value is -1.14. The van der Waals surface area contributed by atoms with E-state index in [2.05, 4.69) is 5.10 Å². The Balaban J connectivity index is 0.000000574. The minimum atomic E-state index is -4.65. The first-order valence-corrected chi connectivity index (χ1v) is 5.77. The van der Waals surface area contributed by atoms with E-state index in [1.165, 1.54) is 0 Å². The van der Waals surface area contributed by atoms with E-state index in [0.29, 0.717) is 4.68 Å². The number of hydrogen-bond acceptors (Lipinski definition) is 1. The first-order valence-electron chi connectivity index (χ1n) is 5.77. The van der Waals surface area contributed by atoms with E-state index in [1.54, 1.807) is 0 Å². The molecule has 0 amide bonds. The highest BCUT2D eigenvalue weighted by Gasteiger charge is 2.68. The molecule has 1 heterocycles. The van der Waals surface area contributed by atoms with Gasteiger partial charge < -0.3 is 0 Å². The van der Waals surface area contributed by atoms with Gasteiger partial charge in [-0.25, -0.2) is 0 Å². The van der Waals surface area contributed by atoms with Crippen LogP contribution < -0.4 is 0 Å². The summed E-state index contributed by atoms with van der Waals surface area (Å²) < 4.78 is 65.6. The van der Waals surface area contributed by atoms with Crippen LogP contribution in [0.5, 0.6) is 0 Å². The first-order chi connectivity index (χ1) is 8.24. The van der Waals surface area contributed by atoms with E-state index in [-0.39, 0.29) is 12.0 Å². The Bertz CT molecular complexity index is 475. The summed E-state index contributed by atoms with van der Waals surface area (Å²) in [6, 6.07) is 0. The summed E-state index contributed by atoms with van der Waals surface area (Å²) in [4.78, 5) is 0. The highest BCUT2D eigenvalue weighted by molar-refractivity contribution is 5.46. The maximum atomic E-state index is 13.6. The molecule has 1 saturated carbocycles. The molecule has 1 aromatic rings. The maximum Gasteiger partial charge on any atom is 0.435 e. The van der Waals surface area contributed by atoms with Gasteiger partial charge in [0.2, 0.25) is 0 Å². The van der Waals surface area contributed by atoms with Crippen LogP contribution in [0.2, 0.25) is 0 Å². The van der Waals surface area contributed by atoms with E-state index in [4.69, 9.17) is 0 Å². The Morgan fingerprint density at radius 3 is 2.33 bits per heavy atom. The van der Waals surface area contributed by atoms with E-state index in [0.717, 1.165) is 7.05 Å². The molecule has 3 rings (SSSR count). The van der Waals surface area contributed by atoms with Crippen LogP contribution in [0, 0.1) is 5.92 Å². The van der Waals surface area contributed by atoms with E-state index in [1.807, 2.05) is 13.8 Å². The summed E-state index contributed by atoms with van der Waals surface area (Å²) in [7, 11) is 1.13. The SMILES string of the molecule is CC.Cn1nc(C(F)(F)F)c2c1C(F)(F)C1CC21. The van der Waals surface area contributed by atoms with Gasteiger partial charge in [0, 0.05) is 18.5 Å². The molecule has 0 saturated heterocycles. The summed E-state index contributed by atoms with van der Waals surface area (Å²) in [5.41, 5.74) is -1.99. The van der Waals surface area contributed by atoms with Gasteiger partial charge in [0.1, 0.15) is 5.69 Å². The van der Waals surface area contributed by atoms with Crippen molar-refractivity contribution in [2.75, 3.05) is 0 Å². The van der Waals surface area contributed by atoms with Gasteiger partial charge in [-0.3, -0.25) is 4.68 Å². The molecule has 7 heteroatoms. The van der Waals surface area contributed by atoms with Crippen molar-refractivity contribution in [3.05, 3.63) is 17.0 Å². The number of aryl methyl sites for hydroxylation is 1. The second-order valence-corrected chi connectivity index (χ2v) is 4.30. The van der Waals surface area contributed by atoms with E-state index >= 15 is 0 Å². The van der Waals surface area contributed by atoms with Crippen molar-refractivity contribution in [3.63, 3.8) is 0 Å². The predicted molar refractivity (Wildman–Crippen MR) is 54.3 cm³/mol. The number of fused-ring (bicyclic) bond motifs is 3. The molecule has 0 bridgehead atoms. The average Bonchev–Trinajstić information content (AvgIpc) is 2.92. The molecule has 0 N–H and O–H groups in total. The average molecular weight is 268 g/mol. The molecule has 2 aliphatic carbocycles. The molecule has 1 fully saturated rings. The molecule has 102 valence electrons. The third-order valence-electron chi connectivity index (χ3n) is 3.29. The van der Waals surface area contributed by atoms with Crippen molar-refractivity contribution in [1.82, 2.24) is 9.78 Å². The van der Waals surface area contributed by atoms with E-state index < -0.39 is 35.3 Å². The quantitative estimate of drug-likeness (QED) is 0.656. The van der Waals surface area contributed by atoms with Crippen LogP contribution in [0.15, 0.2) is 0 Å². The van der Waals surface area contributed by atoms with Crippen LogP contribution in [-0.4, -0.2) is 9.78 Å². The summed E-state index contributed by atoms with van der Waals surface area (Å²) >= 11 is 0. The molecule has 2 nitrogen and oxygen atoms in total. The standard InChI is InChI=1S/C9H7F5N2.C2H6/c1-16-7-5(6(15-16)9(12,13)14)3-2-4(3)8(7,10)11;1-2/h3-4H,2H2,1H3;1-2H3. The van der Waals surface area contributed by atoms with Crippen LogP contribution >= 0.6 is 0 Å². The van der Waals surface area contributed by atoms with Crippen molar-refractivity contribution in [1.29, 1.82) is 0 Å². The number of halogens is 5. The second kappa shape index (κ2) is 3.68. The third kappa shape index (κ3) is 1.55. The zero-order valence-electron chi connectivity index (χ0n) is 10.1. The highest BCUT2D eigenvalue weighted by Crippen LogP contribution is 2.68. The zero-order chi connectivity index (χ0) is 13.9. The zero-order valence-corrected chi connectivity index (χ0v) is 10.1. The second-order valence-electron chi connectivity index (χ2n) is 4.30. The highest BCUT2D eigenvalue weighted by atomic mass is 19.4. The van der Waals surface area contributed by atoms with Crippen molar-refractivity contribution in [3.8, 4) is 0 Å². The summed E-state index contributed by atoms with van der Waals surface area (Å²) in [6.45, 7) is 4.00. The van der Waals surface area contributed by atoms with Gasteiger partial charge in [0.25, 0.3) is 5.92 Å². The Labute approximate surface area is 101 Å². The number of aromatic nitrogens is 2. The lowest BCUT2D eigenvalue weighted by atomic mass is 10.1. The van der Waals surface area contributed by atoms with Gasteiger partial charge in [0.15, 0.2) is 5.69 Å². The van der Waals surface area contributed by atoms with E-state index in [9.17, 15) is 22.0 Å². The van der Waals surface area contributed by atoms with Gasteiger partial charge in [-0.2, -0.15) is 27.1 Å². The maximum absolute atomic E-state index is 13.6. The molecule has 2 unspecified atom stereocenters. The Morgan fingerprint density at radius 2 is 1.83 bits per heavy atom. The van der Waals surface area contributed by atoms with Crippen LogP contribution in [0.25, 0.3) is 0 Å². The van der Waals surface area contributed by atoms with Gasteiger partial charge in [-0.15, -0.1) is 0 Å². The molecule has 1 aromatic heterocycles. The van der Waals surface area contributed by atoms with Gasteiger partial charge in [-0.1, -0.05) is 13.8 Å². The lowest BCUT2D eigenvalue weighted by Crippen LogP contribution is -2.18. The topological polar surface area (TPSA) is 17.8 Å². The van der Waals surface area contributed by atoms with Crippen LogP contribution in [0.1, 0.15) is 43.1 Å². The predicted octanol–water partition coefficient (Wildman–Crippen LogP) is 3.67. The molecule has 0 radical (unpaired) electrons. The molecule has 0 spiro atoms. The first kappa shape index (κ1) is 13.3. The largest absolute Gasteiger partial charge is 0.435 e. The van der Waals surface area contributed by atoms with Crippen LogP contribution in [0.4, 0.5) is 22.0 Å². The minimum Gasteiger partial charge on any atom is -0.266 e. The normalized spacial score (nSPS) is 27.1. The lowest BCUT2D eigenvalue weighted by Gasteiger charge is -2.12. The van der Waals surface area contributed by atoms with Crippen LogP contribution in [-0.2, 0) is 19.1 Å². The summed E-state index contributed by atoms with van der Waals surface area (Å²) in [6.07, 6.45) is -4.52. The lowest BCUT2D eigenvalue weighted by molar-refractivity contribution is -0.142. The Kier molecular flexibility index (Phi) is 2.72. The monoisotopic (exact) mass is 268 g/mol. The number of hydrogen-bond donors (Lipinski definition) is 0. The molecule has 2 atom stereocenters. The van der Waals surface area contributed by atoms with Crippen molar-refractivity contribution in [2.45, 2.75) is 38.3 Å². The molecule has 18 heavy (non-hydrogen) atoms. The molecular weight excluding hydrogens is 255 g/mol. The fourth-order valence-electron chi connectivity index (χ4n) is 2.59. The number of alkyl halides is 5. The number of rotatable bonds is 0. The minimum absolute atomic E-state index is 0.134. The fourth-order valence-corrected chi connectivity index (χ4v) is 2.59. The molecule has 0 aliphatic heterocycles.